The minimum Gasteiger partial charge on any atom is -0.344 e. The summed E-state index contributed by atoms with van der Waals surface area (Å²) in [4.78, 5) is 22.2. The van der Waals surface area contributed by atoms with Crippen LogP contribution < -0.4 is 5.32 Å². The molecule has 1 N–H and O–H groups in total. The van der Waals surface area contributed by atoms with Crippen molar-refractivity contribution in [2.24, 2.45) is 11.8 Å². The third-order valence-corrected chi connectivity index (χ3v) is 2.39. The molecule has 0 aromatic heterocycles. The average molecular weight is 204 g/mol. The van der Waals surface area contributed by atoms with E-state index < -0.39 is 11.3 Å². The van der Waals surface area contributed by atoms with Crippen LogP contribution in [0.1, 0.15) is 26.7 Å². The average Bonchev–Trinajstić information content (AvgIpc) is 2.80. The molecule has 0 aromatic carbocycles. The van der Waals surface area contributed by atoms with Crippen LogP contribution in [0.5, 0.6) is 0 Å². The first-order chi connectivity index (χ1) is 6.02. The maximum absolute atomic E-state index is 11.3. The molecule has 0 bridgehead atoms. The summed E-state index contributed by atoms with van der Waals surface area (Å²) in [6.07, 6.45) is 1.88. The third kappa shape index (κ3) is 2.99. The number of hydrogen-bond donors (Lipinski definition) is 1. The minimum atomic E-state index is -0.533. The Balaban J connectivity index is 2.46. The van der Waals surface area contributed by atoms with Crippen molar-refractivity contribution in [3.05, 3.63) is 0 Å². The maximum atomic E-state index is 11.3. The molecule has 0 radical (unpaired) electrons. The molecule has 0 aliphatic heterocycles. The number of rotatable bonds is 4. The van der Waals surface area contributed by atoms with E-state index in [9.17, 15) is 9.59 Å². The number of nitrogens with one attached hydrogen (secondary N) is 1. The highest BCUT2D eigenvalue weighted by atomic mass is 35.5. The number of carbonyl (C=O) groups excluding carboxylic acids is 2. The van der Waals surface area contributed by atoms with Crippen LogP contribution in [0.25, 0.3) is 0 Å². The lowest BCUT2D eigenvalue weighted by Gasteiger charge is -2.17. The van der Waals surface area contributed by atoms with Crippen molar-refractivity contribution >= 4 is 22.8 Å². The van der Waals surface area contributed by atoms with Gasteiger partial charge in [0, 0.05) is 5.92 Å². The first kappa shape index (κ1) is 10.5. The SMILES string of the molecule is CC(C)C(NC(=O)C1CC1)C(=O)Cl. The van der Waals surface area contributed by atoms with Crippen LogP contribution in [0, 0.1) is 11.8 Å². The second-order valence-electron chi connectivity index (χ2n) is 3.81. The molecule has 1 aliphatic rings. The molecule has 1 atom stereocenters. The van der Waals surface area contributed by atoms with Crippen molar-refractivity contribution in [2.75, 3.05) is 0 Å². The maximum Gasteiger partial charge on any atom is 0.244 e. The zero-order valence-corrected chi connectivity index (χ0v) is 8.60. The Morgan fingerprint density at radius 3 is 2.23 bits per heavy atom. The van der Waals surface area contributed by atoms with Gasteiger partial charge in [-0.05, 0) is 30.4 Å². The largest absolute Gasteiger partial charge is 0.344 e. The molecule has 74 valence electrons. The predicted molar refractivity (Wildman–Crippen MR) is 50.4 cm³/mol. The Labute approximate surface area is 82.8 Å². The van der Waals surface area contributed by atoms with Crippen molar-refractivity contribution in [3.63, 3.8) is 0 Å². The molecule has 0 saturated heterocycles. The summed E-state index contributed by atoms with van der Waals surface area (Å²) in [7, 11) is 0. The molecule has 0 heterocycles. The van der Waals surface area contributed by atoms with Gasteiger partial charge < -0.3 is 5.32 Å². The monoisotopic (exact) mass is 203 g/mol. The number of halogens is 1. The molecule has 3 nitrogen and oxygen atoms in total. The number of hydrogen-bond acceptors (Lipinski definition) is 2. The lowest BCUT2D eigenvalue weighted by atomic mass is 10.1. The lowest BCUT2D eigenvalue weighted by molar-refractivity contribution is -0.126. The summed E-state index contributed by atoms with van der Waals surface area (Å²) < 4.78 is 0. The Hall–Kier alpha value is -0.570. The van der Waals surface area contributed by atoms with Gasteiger partial charge in [0.25, 0.3) is 0 Å². The van der Waals surface area contributed by atoms with Gasteiger partial charge in [-0.2, -0.15) is 0 Å². The van der Waals surface area contributed by atoms with E-state index in [4.69, 9.17) is 11.6 Å². The van der Waals surface area contributed by atoms with E-state index in [-0.39, 0.29) is 17.7 Å². The van der Waals surface area contributed by atoms with Crippen LogP contribution in [0.2, 0.25) is 0 Å². The first-order valence-corrected chi connectivity index (χ1v) is 4.90. The van der Waals surface area contributed by atoms with E-state index in [0.29, 0.717) is 0 Å². The molecule has 13 heavy (non-hydrogen) atoms. The van der Waals surface area contributed by atoms with Crippen LogP contribution in [0.15, 0.2) is 0 Å². The molecular weight excluding hydrogens is 190 g/mol. The molecule has 0 spiro atoms. The molecule has 1 fully saturated rings. The van der Waals surface area contributed by atoms with Crippen molar-refractivity contribution in [3.8, 4) is 0 Å². The lowest BCUT2D eigenvalue weighted by Crippen LogP contribution is -2.43. The number of carbonyl (C=O) groups is 2. The molecule has 1 saturated carbocycles. The Morgan fingerprint density at radius 2 is 1.92 bits per heavy atom. The van der Waals surface area contributed by atoms with Crippen LogP contribution in [0.4, 0.5) is 0 Å². The van der Waals surface area contributed by atoms with Crippen molar-refractivity contribution in [1.82, 2.24) is 5.32 Å². The molecule has 1 unspecified atom stereocenters. The summed E-state index contributed by atoms with van der Waals surface area (Å²) in [6, 6.07) is -0.533. The van der Waals surface area contributed by atoms with Crippen LogP contribution in [-0.2, 0) is 9.59 Å². The van der Waals surface area contributed by atoms with Crippen LogP contribution >= 0.6 is 11.6 Å². The second-order valence-corrected chi connectivity index (χ2v) is 4.18. The Kier molecular flexibility index (Phi) is 3.31. The quantitative estimate of drug-likeness (QED) is 0.701. The molecule has 1 amide bonds. The van der Waals surface area contributed by atoms with E-state index in [2.05, 4.69) is 5.32 Å². The van der Waals surface area contributed by atoms with E-state index in [1.54, 1.807) is 0 Å². The molecule has 1 aliphatic carbocycles. The van der Waals surface area contributed by atoms with Gasteiger partial charge in [0.2, 0.25) is 11.1 Å². The standard InChI is InChI=1S/C9H14ClNO2/c1-5(2)7(8(10)12)11-9(13)6-3-4-6/h5-7H,3-4H2,1-2H3,(H,11,13). The van der Waals surface area contributed by atoms with Gasteiger partial charge in [-0.15, -0.1) is 0 Å². The highest BCUT2D eigenvalue weighted by molar-refractivity contribution is 6.64. The predicted octanol–water partition coefficient (Wildman–Crippen LogP) is 1.30. The van der Waals surface area contributed by atoms with Gasteiger partial charge in [0.05, 0.1) is 0 Å². The fourth-order valence-corrected chi connectivity index (χ4v) is 1.41. The van der Waals surface area contributed by atoms with E-state index in [1.807, 2.05) is 13.8 Å². The van der Waals surface area contributed by atoms with Crippen molar-refractivity contribution in [2.45, 2.75) is 32.7 Å². The van der Waals surface area contributed by atoms with Crippen molar-refractivity contribution in [1.29, 1.82) is 0 Å². The van der Waals surface area contributed by atoms with Crippen molar-refractivity contribution < 1.29 is 9.59 Å². The van der Waals surface area contributed by atoms with E-state index in [0.717, 1.165) is 12.8 Å². The Bertz CT molecular complexity index is 224. The summed E-state index contributed by atoms with van der Waals surface area (Å²) in [6.45, 7) is 3.72. The van der Waals surface area contributed by atoms with Crippen LogP contribution in [0.3, 0.4) is 0 Å². The van der Waals surface area contributed by atoms with E-state index in [1.165, 1.54) is 0 Å². The first-order valence-electron chi connectivity index (χ1n) is 4.52. The molecule has 4 heteroatoms. The summed E-state index contributed by atoms with van der Waals surface area (Å²) >= 11 is 5.35. The van der Waals surface area contributed by atoms with Gasteiger partial charge >= 0.3 is 0 Å². The van der Waals surface area contributed by atoms with Gasteiger partial charge in [-0.3, -0.25) is 9.59 Å². The summed E-state index contributed by atoms with van der Waals surface area (Å²) in [5, 5.41) is 2.18. The fourth-order valence-electron chi connectivity index (χ4n) is 1.10. The molecule has 1 rings (SSSR count). The normalized spacial score (nSPS) is 18.5. The van der Waals surface area contributed by atoms with E-state index >= 15 is 0 Å². The second kappa shape index (κ2) is 4.09. The summed E-state index contributed by atoms with van der Waals surface area (Å²) in [5.74, 6) is 0.137. The van der Waals surface area contributed by atoms with Gasteiger partial charge in [0.1, 0.15) is 6.04 Å². The minimum absolute atomic E-state index is 0.0345. The van der Waals surface area contributed by atoms with Gasteiger partial charge in [-0.25, -0.2) is 0 Å². The third-order valence-electron chi connectivity index (χ3n) is 2.16. The van der Waals surface area contributed by atoms with Gasteiger partial charge in [0.15, 0.2) is 0 Å². The van der Waals surface area contributed by atoms with Gasteiger partial charge in [-0.1, -0.05) is 13.8 Å². The van der Waals surface area contributed by atoms with Crippen LogP contribution in [-0.4, -0.2) is 17.2 Å². The zero-order chi connectivity index (χ0) is 10.0. The highest BCUT2D eigenvalue weighted by Gasteiger charge is 2.32. The molecule has 0 aromatic rings. The summed E-state index contributed by atoms with van der Waals surface area (Å²) in [5.41, 5.74) is 0. The smallest absolute Gasteiger partial charge is 0.244 e. The molecular formula is C9H14ClNO2. The fraction of sp³-hybridized carbons (Fsp3) is 0.778. The highest BCUT2D eigenvalue weighted by Crippen LogP contribution is 2.29. The zero-order valence-electron chi connectivity index (χ0n) is 7.84. The Morgan fingerprint density at radius 1 is 1.38 bits per heavy atom. The topological polar surface area (TPSA) is 46.2 Å². The number of amides is 1.